The lowest BCUT2D eigenvalue weighted by Crippen LogP contribution is -2.34. The molecule has 25 heavy (non-hydrogen) atoms. The Morgan fingerprint density at radius 2 is 2.24 bits per heavy atom. The van der Waals surface area contributed by atoms with Gasteiger partial charge in [-0.05, 0) is 11.4 Å². The Balaban J connectivity index is 2.40. The number of rotatable bonds is 5. The predicted octanol–water partition coefficient (Wildman–Crippen LogP) is 3.21. The van der Waals surface area contributed by atoms with Crippen molar-refractivity contribution in [2.45, 2.75) is 0 Å². The number of carbonyl (C=O) groups is 2. The van der Waals surface area contributed by atoms with Crippen molar-refractivity contribution in [1.29, 1.82) is 0 Å². The molecule has 2 amide bonds. The minimum atomic E-state index is -0.959. The zero-order valence-corrected chi connectivity index (χ0v) is 17.5. The van der Waals surface area contributed by atoms with Gasteiger partial charge in [0.2, 0.25) is 11.8 Å². The normalized spacial score (nSPS) is 21.2. The van der Waals surface area contributed by atoms with Gasteiger partial charge in [0, 0.05) is 36.6 Å². The number of nitrogens with one attached hydrogen (secondary N) is 1. The Hall–Kier alpha value is -1.06. The molecule has 0 unspecified atom stereocenters. The zero-order valence-electron chi connectivity index (χ0n) is 13.6. The quantitative estimate of drug-likeness (QED) is 0.229. The van der Waals surface area contributed by atoms with E-state index in [1.165, 1.54) is 21.2 Å². The molecule has 2 rings (SSSR count). The maximum Gasteiger partial charge on any atom is 0.237 e. The van der Waals surface area contributed by atoms with Crippen molar-refractivity contribution in [3.8, 4) is 0 Å². The molecule has 2 heterocycles. The van der Waals surface area contributed by atoms with Crippen LogP contribution in [-0.4, -0.2) is 42.4 Å². The van der Waals surface area contributed by atoms with Crippen LogP contribution in [0.25, 0.3) is 0 Å². The van der Waals surface area contributed by atoms with Gasteiger partial charge in [0.25, 0.3) is 0 Å². The molecule has 0 radical (unpaired) electrons. The Labute approximate surface area is 168 Å². The molecule has 0 aliphatic carbocycles. The van der Waals surface area contributed by atoms with E-state index in [-0.39, 0.29) is 11.1 Å². The number of anilines is 1. The molecule has 10 heteroatoms. The Morgan fingerprint density at radius 3 is 2.72 bits per heavy atom. The average molecular weight is 468 g/mol. The van der Waals surface area contributed by atoms with E-state index in [2.05, 4.69) is 27.8 Å². The Bertz CT molecular complexity index is 750. The number of nitrogens with two attached hydrogens (primary N) is 1. The summed E-state index contributed by atoms with van der Waals surface area (Å²) in [5, 5.41) is 5.89. The lowest BCUT2D eigenvalue weighted by atomic mass is 9.87. The topological polar surface area (TPSA) is 78.7 Å². The second kappa shape index (κ2) is 8.09. The number of amides is 2. The number of allylic oxidation sites excluding steroid dienone is 1. The van der Waals surface area contributed by atoms with Gasteiger partial charge in [0.05, 0.1) is 5.69 Å². The molecule has 1 saturated heterocycles. The van der Waals surface area contributed by atoms with Crippen LogP contribution in [0, 0.1) is 11.8 Å². The highest BCUT2D eigenvalue weighted by Crippen LogP contribution is 2.39. The highest BCUT2D eigenvalue weighted by molar-refractivity contribution is 9.11. The van der Waals surface area contributed by atoms with Crippen LogP contribution in [0.4, 0.5) is 5.69 Å². The average Bonchev–Trinajstić information content (AvgIpc) is 3.03. The summed E-state index contributed by atoms with van der Waals surface area (Å²) in [5.41, 5.74) is 0.990. The smallest absolute Gasteiger partial charge is 0.237 e. The van der Waals surface area contributed by atoms with Crippen LogP contribution in [0.2, 0.25) is 4.34 Å². The first kappa shape index (κ1) is 20.3. The molecular formula is C15H17BrCl2N4O2S. The van der Waals surface area contributed by atoms with E-state index in [0.717, 1.165) is 0 Å². The fourth-order valence-electron chi connectivity index (χ4n) is 2.70. The summed E-state index contributed by atoms with van der Waals surface area (Å²) in [6.07, 6.45) is 0. The second-order valence-electron chi connectivity index (χ2n) is 5.62. The summed E-state index contributed by atoms with van der Waals surface area (Å²) >= 11 is 16.9. The minimum absolute atomic E-state index is 0.210. The molecule has 1 aliphatic heterocycles. The third-order valence-corrected chi connectivity index (χ3v) is 5.94. The molecule has 1 fully saturated rings. The first-order valence-electron chi connectivity index (χ1n) is 7.16. The van der Waals surface area contributed by atoms with E-state index >= 15 is 0 Å². The second-order valence-corrected chi connectivity index (χ2v) is 8.45. The molecule has 136 valence electrons. The van der Waals surface area contributed by atoms with Crippen LogP contribution < -0.4 is 11.2 Å². The summed E-state index contributed by atoms with van der Waals surface area (Å²) in [4.78, 5) is 26.8. The van der Waals surface area contributed by atoms with Crippen LogP contribution >= 0.6 is 50.5 Å². The van der Waals surface area contributed by atoms with Crippen molar-refractivity contribution >= 4 is 68.0 Å². The molecule has 1 aromatic heterocycles. The lowest BCUT2D eigenvalue weighted by molar-refractivity contribution is -0.135. The first-order chi connectivity index (χ1) is 11.6. The molecule has 0 saturated carbocycles. The van der Waals surface area contributed by atoms with Gasteiger partial charge in [-0.25, -0.2) is 5.84 Å². The Kier molecular flexibility index (Phi) is 6.56. The third-order valence-electron chi connectivity index (χ3n) is 3.87. The maximum atomic E-state index is 12.8. The SMILES string of the molecule is C=C(Br)/C(=C(/Cl)N(C)N)[C@H]1CN(C)C(=O)[C@@H]1C(=O)Nc1ccsc1Cl. The van der Waals surface area contributed by atoms with E-state index in [9.17, 15) is 9.59 Å². The number of likely N-dealkylation sites (tertiary alicyclic amines) is 1. The van der Waals surface area contributed by atoms with Crippen LogP contribution in [0.15, 0.2) is 33.2 Å². The molecule has 2 atom stereocenters. The predicted molar refractivity (Wildman–Crippen MR) is 105 cm³/mol. The molecule has 1 aliphatic rings. The van der Waals surface area contributed by atoms with Gasteiger partial charge in [-0.3, -0.25) is 9.59 Å². The minimum Gasteiger partial charge on any atom is -0.344 e. The number of hydrogen-bond acceptors (Lipinski definition) is 5. The highest BCUT2D eigenvalue weighted by atomic mass is 79.9. The van der Waals surface area contributed by atoms with Crippen molar-refractivity contribution in [3.63, 3.8) is 0 Å². The maximum absolute atomic E-state index is 12.8. The lowest BCUT2D eigenvalue weighted by Gasteiger charge is -2.23. The third kappa shape index (κ3) is 4.20. The van der Waals surface area contributed by atoms with Gasteiger partial charge >= 0.3 is 0 Å². The molecule has 0 aromatic carbocycles. The Morgan fingerprint density at radius 1 is 1.60 bits per heavy atom. The molecule has 6 nitrogen and oxygen atoms in total. The molecule has 0 spiro atoms. The van der Waals surface area contributed by atoms with E-state index in [1.807, 2.05) is 0 Å². The summed E-state index contributed by atoms with van der Waals surface area (Å²) in [7, 11) is 3.20. The fourth-order valence-corrected chi connectivity index (χ4v) is 4.39. The van der Waals surface area contributed by atoms with Crippen molar-refractivity contribution in [2.75, 3.05) is 26.0 Å². The molecule has 3 N–H and O–H groups in total. The van der Waals surface area contributed by atoms with Crippen molar-refractivity contribution in [1.82, 2.24) is 9.91 Å². The summed E-state index contributed by atoms with van der Waals surface area (Å²) in [5.74, 6) is 3.52. The van der Waals surface area contributed by atoms with E-state index < -0.39 is 17.7 Å². The fraction of sp³-hybridized carbons (Fsp3) is 0.333. The number of hydrazine groups is 1. The van der Waals surface area contributed by atoms with Gasteiger partial charge in [-0.15, -0.1) is 11.3 Å². The van der Waals surface area contributed by atoms with Gasteiger partial charge in [-0.1, -0.05) is 45.7 Å². The number of thiophene rings is 1. The van der Waals surface area contributed by atoms with Crippen LogP contribution in [-0.2, 0) is 9.59 Å². The molecular weight excluding hydrogens is 451 g/mol. The summed E-state index contributed by atoms with van der Waals surface area (Å²) in [6.45, 7) is 4.17. The number of halogens is 3. The van der Waals surface area contributed by atoms with Crippen LogP contribution in [0.1, 0.15) is 0 Å². The molecule has 1 aromatic rings. The highest BCUT2D eigenvalue weighted by Gasteiger charge is 2.46. The number of hydrogen-bond donors (Lipinski definition) is 2. The van der Waals surface area contributed by atoms with Crippen molar-refractivity contribution in [3.05, 3.63) is 37.6 Å². The standard InChI is InChI=1S/C15H17BrCl2N4O2S/c1-7(16)10(12(17)22(3)19)8-6-21(2)15(24)11(8)14(23)20-9-4-5-25-13(9)18/h4-5,8,11H,1,6,19H2,2-3H3,(H,20,23)/b12-10+/t8-,11+/m1/s1. The van der Waals surface area contributed by atoms with Crippen LogP contribution in [0.3, 0.4) is 0 Å². The summed E-state index contributed by atoms with van der Waals surface area (Å²) < 4.78 is 0.915. The van der Waals surface area contributed by atoms with Crippen LogP contribution in [0.5, 0.6) is 0 Å². The molecule has 0 bridgehead atoms. The van der Waals surface area contributed by atoms with Gasteiger partial charge in [-0.2, -0.15) is 0 Å². The van der Waals surface area contributed by atoms with E-state index in [4.69, 9.17) is 29.0 Å². The van der Waals surface area contributed by atoms with Crippen molar-refractivity contribution in [2.24, 2.45) is 17.7 Å². The zero-order chi connectivity index (χ0) is 18.9. The van der Waals surface area contributed by atoms with Gasteiger partial charge < -0.3 is 15.2 Å². The van der Waals surface area contributed by atoms with E-state index in [0.29, 0.717) is 26.6 Å². The monoisotopic (exact) mass is 466 g/mol. The number of nitrogens with zero attached hydrogens (tertiary/aromatic N) is 2. The van der Waals surface area contributed by atoms with Gasteiger partial charge in [0.15, 0.2) is 0 Å². The van der Waals surface area contributed by atoms with E-state index in [1.54, 1.807) is 25.5 Å². The van der Waals surface area contributed by atoms with Crippen molar-refractivity contribution < 1.29 is 9.59 Å². The van der Waals surface area contributed by atoms with Gasteiger partial charge in [0.1, 0.15) is 15.4 Å². The number of carbonyl (C=O) groups excluding carboxylic acids is 2. The largest absolute Gasteiger partial charge is 0.344 e. The first-order valence-corrected chi connectivity index (χ1v) is 9.59. The summed E-state index contributed by atoms with van der Waals surface area (Å²) in [6, 6.07) is 1.68.